The highest BCUT2D eigenvalue weighted by Crippen LogP contribution is 2.38. The van der Waals surface area contributed by atoms with Crippen LogP contribution in [0.2, 0.25) is 0 Å². The van der Waals surface area contributed by atoms with Crippen molar-refractivity contribution in [2.75, 3.05) is 25.1 Å². The lowest BCUT2D eigenvalue weighted by Gasteiger charge is -2.22. The molecule has 1 N–H and O–H groups in total. The van der Waals surface area contributed by atoms with Crippen LogP contribution in [-0.4, -0.2) is 40.7 Å². The van der Waals surface area contributed by atoms with Crippen LogP contribution < -0.4 is 10.1 Å². The number of carbonyl (C=O) groups is 1. The highest BCUT2D eigenvalue weighted by atomic mass is 19.4. The van der Waals surface area contributed by atoms with Gasteiger partial charge in [0, 0.05) is 13.2 Å². The summed E-state index contributed by atoms with van der Waals surface area (Å²) in [5.41, 5.74) is -3.86. The van der Waals surface area contributed by atoms with Crippen LogP contribution in [0.15, 0.2) is 42.9 Å². The lowest BCUT2D eigenvalue weighted by atomic mass is 10.0. The van der Waals surface area contributed by atoms with Crippen molar-refractivity contribution in [3.05, 3.63) is 65.7 Å². The number of hydrogen-bond donors (Lipinski definition) is 1. The van der Waals surface area contributed by atoms with Crippen LogP contribution >= 0.6 is 0 Å². The van der Waals surface area contributed by atoms with Gasteiger partial charge < -0.3 is 14.8 Å². The third-order valence-corrected chi connectivity index (χ3v) is 5.35. The Morgan fingerprint density at radius 1 is 1.11 bits per heavy atom. The molecule has 7 nitrogen and oxygen atoms in total. The molecular weight excluding hydrogens is 475 g/mol. The monoisotopic (exact) mass is 494 g/mol. The van der Waals surface area contributed by atoms with Crippen LogP contribution in [0, 0.1) is 17.6 Å². The Labute approximate surface area is 196 Å². The lowest BCUT2D eigenvalue weighted by Crippen LogP contribution is -2.22. The predicted octanol–water partition coefficient (Wildman–Crippen LogP) is 4.89. The first kappa shape index (κ1) is 24.5. The summed E-state index contributed by atoms with van der Waals surface area (Å²) in [6, 6.07) is 3.97. The number of halogens is 5. The standard InChI is InChI=1S/C23H19F5N4O3/c24-15-2-1-3-16(25)19(15)20-14(23(26,27)28)4-5-17(31-20)21(33)32-18-10-29-12-30-22(18)35-11-13-6-8-34-9-7-13/h1-5,10,12-13H,6-9,11H2,(H,32,33). The summed E-state index contributed by atoms with van der Waals surface area (Å²) in [6.45, 7) is 1.55. The Kier molecular flexibility index (Phi) is 7.20. The van der Waals surface area contributed by atoms with Crippen LogP contribution in [-0.2, 0) is 10.9 Å². The quantitative estimate of drug-likeness (QED) is 0.491. The molecule has 184 valence electrons. The van der Waals surface area contributed by atoms with Gasteiger partial charge in [-0.25, -0.2) is 18.7 Å². The van der Waals surface area contributed by atoms with E-state index in [2.05, 4.69) is 20.3 Å². The number of ether oxygens (including phenoxy) is 2. The van der Waals surface area contributed by atoms with E-state index in [1.54, 1.807) is 0 Å². The number of carbonyl (C=O) groups excluding carboxylic acids is 1. The first-order chi connectivity index (χ1) is 16.7. The van der Waals surface area contributed by atoms with Gasteiger partial charge in [0.05, 0.1) is 29.6 Å². The van der Waals surface area contributed by atoms with Crippen LogP contribution in [0.25, 0.3) is 11.3 Å². The number of rotatable bonds is 6. The second-order valence-electron chi connectivity index (χ2n) is 7.75. The Morgan fingerprint density at radius 2 is 1.83 bits per heavy atom. The van der Waals surface area contributed by atoms with Crippen molar-refractivity contribution in [2.24, 2.45) is 5.92 Å². The maximum absolute atomic E-state index is 14.3. The minimum Gasteiger partial charge on any atom is -0.476 e. The molecule has 0 bridgehead atoms. The van der Waals surface area contributed by atoms with Crippen molar-refractivity contribution in [1.29, 1.82) is 0 Å². The highest BCUT2D eigenvalue weighted by molar-refractivity contribution is 6.03. The van der Waals surface area contributed by atoms with E-state index in [9.17, 15) is 26.7 Å². The number of aromatic nitrogens is 3. The molecule has 3 aromatic rings. The summed E-state index contributed by atoms with van der Waals surface area (Å²) in [6.07, 6.45) is -0.893. The van der Waals surface area contributed by atoms with E-state index in [1.165, 1.54) is 12.5 Å². The SMILES string of the molecule is O=C(Nc1cncnc1OCC1CCOCC1)c1ccc(C(F)(F)F)c(-c2c(F)cccc2F)n1. The summed E-state index contributed by atoms with van der Waals surface area (Å²) >= 11 is 0. The van der Waals surface area contributed by atoms with Gasteiger partial charge in [-0.15, -0.1) is 0 Å². The van der Waals surface area contributed by atoms with E-state index in [4.69, 9.17) is 9.47 Å². The molecule has 1 saturated heterocycles. The first-order valence-electron chi connectivity index (χ1n) is 10.6. The fourth-order valence-corrected chi connectivity index (χ4v) is 3.54. The zero-order valence-corrected chi connectivity index (χ0v) is 18.1. The molecule has 0 radical (unpaired) electrons. The Morgan fingerprint density at radius 3 is 2.51 bits per heavy atom. The molecule has 35 heavy (non-hydrogen) atoms. The van der Waals surface area contributed by atoms with E-state index < -0.39 is 46.2 Å². The van der Waals surface area contributed by atoms with Gasteiger partial charge in [-0.1, -0.05) is 6.07 Å². The maximum Gasteiger partial charge on any atom is 0.418 e. The predicted molar refractivity (Wildman–Crippen MR) is 114 cm³/mol. The second kappa shape index (κ2) is 10.3. The Balaban J connectivity index is 1.61. The molecule has 0 saturated carbocycles. The Bertz CT molecular complexity index is 1200. The molecule has 0 atom stereocenters. The van der Waals surface area contributed by atoms with Gasteiger partial charge in [0.15, 0.2) is 0 Å². The van der Waals surface area contributed by atoms with E-state index in [1.807, 2.05) is 0 Å². The fraction of sp³-hybridized carbons (Fsp3) is 0.304. The number of benzene rings is 1. The van der Waals surface area contributed by atoms with E-state index in [0.717, 1.165) is 37.1 Å². The van der Waals surface area contributed by atoms with E-state index in [-0.39, 0.29) is 17.5 Å². The fourth-order valence-electron chi connectivity index (χ4n) is 3.54. The van der Waals surface area contributed by atoms with Crippen molar-refractivity contribution in [3.63, 3.8) is 0 Å². The van der Waals surface area contributed by atoms with Crippen LogP contribution in [0.4, 0.5) is 27.6 Å². The number of hydrogen-bond acceptors (Lipinski definition) is 6. The van der Waals surface area contributed by atoms with Gasteiger partial charge in [-0.05, 0) is 43.0 Å². The summed E-state index contributed by atoms with van der Waals surface area (Å²) in [7, 11) is 0. The second-order valence-corrected chi connectivity index (χ2v) is 7.75. The van der Waals surface area contributed by atoms with Gasteiger partial charge in [0.2, 0.25) is 5.88 Å². The van der Waals surface area contributed by atoms with E-state index in [0.29, 0.717) is 25.9 Å². The van der Waals surface area contributed by atoms with Crippen molar-refractivity contribution < 1.29 is 36.2 Å². The normalized spacial score (nSPS) is 14.5. The molecule has 4 rings (SSSR count). The number of nitrogens with one attached hydrogen (secondary N) is 1. The number of amides is 1. The number of alkyl halides is 3. The average molecular weight is 494 g/mol. The van der Waals surface area contributed by atoms with Crippen molar-refractivity contribution in [1.82, 2.24) is 15.0 Å². The number of nitrogens with zero attached hydrogens (tertiary/aromatic N) is 3. The molecule has 1 aromatic carbocycles. The van der Waals surface area contributed by atoms with Crippen LogP contribution in [0.3, 0.4) is 0 Å². The summed E-state index contributed by atoms with van der Waals surface area (Å²) in [5, 5.41) is 2.44. The molecule has 1 aliphatic heterocycles. The van der Waals surface area contributed by atoms with Gasteiger partial charge in [0.1, 0.15) is 29.3 Å². The zero-order valence-electron chi connectivity index (χ0n) is 18.1. The van der Waals surface area contributed by atoms with Gasteiger partial charge in [-0.2, -0.15) is 18.2 Å². The van der Waals surface area contributed by atoms with Crippen molar-refractivity contribution in [3.8, 4) is 17.1 Å². The maximum atomic E-state index is 14.3. The summed E-state index contributed by atoms with van der Waals surface area (Å²) in [5.74, 6) is -3.15. The van der Waals surface area contributed by atoms with Crippen molar-refractivity contribution >= 4 is 11.6 Å². The lowest BCUT2D eigenvalue weighted by molar-refractivity contribution is -0.137. The van der Waals surface area contributed by atoms with Gasteiger partial charge >= 0.3 is 6.18 Å². The smallest absolute Gasteiger partial charge is 0.418 e. The highest BCUT2D eigenvalue weighted by Gasteiger charge is 2.36. The topological polar surface area (TPSA) is 86.2 Å². The molecule has 12 heteroatoms. The first-order valence-corrected chi connectivity index (χ1v) is 10.6. The molecule has 1 aliphatic rings. The van der Waals surface area contributed by atoms with E-state index >= 15 is 0 Å². The van der Waals surface area contributed by atoms with Gasteiger partial charge in [0.25, 0.3) is 5.91 Å². The molecule has 2 aromatic heterocycles. The molecule has 0 spiro atoms. The van der Waals surface area contributed by atoms with Gasteiger partial charge in [-0.3, -0.25) is 4.79 Å². The third-order valence-electron chi connectivity index (χ3n) is 5.35. The third kappa shape index (κ3) is 5.70. The zero-order chi connectivity index (χ0) is 25.0. The van der Waals surface area contributed by atoms with Crippen molar-refractivity contribution in [2.45, 2.75) is 19.0 Å². The number of anilines is 1. The Hall–Kier alpha value is -3.67. The minimum absolute atomic E-state index is 0.0601. The molecule has 1 amide bonds. The molecule has 1 fully saturated rings. The van der Waals surface area contributed by atoms with Crippen LogP contribution in [0.1, 0.15) is 28.9 Å². The molecular formula is C23H19F5N4O3. The average Bonchev–Trinajstić information content (AvgIpc) is 2.83. The molecule has 0 unspecified atom stereocenters. The number of pyridine rings is 1. The summed E-state index contributed by atoms with van der Waals surface area (Å²) < 4.78 is 80.2. The summed E-state index contributed by atoms with van der Waals surface area (Å²) in [4.78, 5) is 24.3. The minimum atomic E-state index is -4.97. The molecule has 3 heterocycles. The largest absolute Gasteiger partial charge is 0.476 e. The van der Waals surface area contributed by atoms with Crippen LogP contribution in [0.5, 0.6) is 5.88 Å². The molecule has 0 aliphatic carbocycles.